The molecule has 174 valence electrons. The van der Waals surface area contributed by atoms with Crippen LogP contribution >= 0.6 is 0 Å². The Hall–Kier alpha value is -3.14. The van der Waals surface area contributed by atoms with E-state index in [-0.39, 0.29) is 34.8 Å². The van der Waals surface area contributed by atoms with E-state index in [1.165, 1.54) is 18.2 Å². The summed E-state index contributed by atoms with van der Waals surface area (Å²) in [5.74, 6) is -0.115. The van der Waals surface area contributed by atoms with Gasteiger partial charge >= 0.3 is 0 Å². The first-order valence-corrected chi connectivity index (χ1v) is 11.1. The van der Waals surface area contributed by atoms with E-state index in [1.54, 1.807) is 31.8 Å². The lowest BCUT2D eigenvalue weighted by Gasteiger charge is -2.39. The largest absolute Gasteiger partial charge is 0.384 e. The van der Waals surface area contributed by atoms with Crippen LogP contribution in [-0.2, 0) is 5.60 Å². The van der Waals surface area contributed by atoms with Gasteiger partial charge in [-0.25, -0.2) is 4.39 Å². The van der Waals surface area contributed by atoms with E-state index in [4.69, 9.17) is 4.52 Å². The maximum atomic E-state index is 14.2. The maximum Gasteiger partial charge on any atom is 0.254 e. The van der Waals surface area contributed by atoms with Crippen LogP contribution in [0, 0.1) is 18.2 Å². The molecule has 10 heteroatoms. The van der Waals surface area contributed by atoms with E-state index in [1.807, 2.05) is 11.8 Å². The SMILES string of the molecule is Cc1nc(-c2ccc(F)cc2C(=O)N2CC3(CC[C@H]2C)CC3n2ncc(C(C)(C)O)n2)no1. The third kappa shape index (κ3) is 3.82. The van der Waals surface area contributed by atoms with E-state index in [0.717, 1.165) is 19.3 Å². The Balaban J connectivity index is 1.42. The molecule has 1 saturated carbocycles. The second-order valence-electron chi connectivity index (χ2n) is 9.84. The van der Waals surface area contributed by atoms with Crippen molar-refractivity contribution in [2.24, 2.45) is 5.41 Å². The highest BCUT2D eigenvalue weighted by Crippen LogP contribution is 2.61. The topological polar surface area (TPSA) is 110 Å². The molecular weight excluding hydrogens is 427 g/mol. The maximum absolute atomic E-state index is 14.2. The van der Waals surface area contributed by atoms with Gasteiger partial charge in [0.15, 0.2) is 0 Å². The van der Waals surface area contributed by atoms with Crippen LogP contribution in [0.25, 0.3) is 11.4 Å². The number of rotatable bonds is 4. The number of halogens is 1. The molecule has 1 saturated heterocycles. The number of benzene rings is 1. The molecule has 1 spiro atoms. The molecule has 9 nitrogen and oxygen atoms in total. The number of amides is 1. The summed E-state index contributed by atoms with van der Waals surface area (Å²) in [6.07, 6.45) is 4.21. The molecule has 0 bridgehead atoms. The summed E-state index contributed by atoms with van der Waals surface area (Å²) in [6, 6.07) is 4.11. The first-order chi connectivity index (χ1) is 15.6. The summed E-state index contributed by atoms with van der Waals surface area (Å²) in [4.78, 5) is 21.4. The Morgan fingerprint density at radius 3 is 2.82 bits per heavy atom. The predicted molar refractivity (Wildman–Crippen MR) is 116 cm³/mol. The molecular formula is C23H27FN6O3. The minimum absolute atomic E-state index is 0.00464. The normalized spacial score (nSPS) is 25.0. The van der Waals surface area contributed by atoms with Crippen molar-refractivity contribution in [2.45, 2.75) is 64.6 Å². The van der Waals surface area contributed by atoms with Gasteiger partial charge in [0.25, 0.3) is 5.91 Å². The lowest BCUT2D eigenvalue weighted by molar-refractivity contribution is 0.0508. The molecule has 3 aromatic rings. The summed E-state index contributed by atoms with van der Waals surface area (Å²) in [6.45, 7) is 7.55. The molecule has 3 heterocycles. The number of likely N-dealkylation sites (tertiary alicyclic amines) is 1. The Morgan fingerprint density at radius 2 is 2.15 bits per heavy atom. The predicted octanol–water partition coefficient (Wildman–Crippen LogP) is 3.26. The minimum Gasteiger partial charge on any atom is -0.384 e. The zero-order valence-corrected chi connectivity index (χ0v) is 19.1. The zero-order valence-electron chi connectivity index (χ0n) is 19.1. The van der Waals surface area contributed by atoms with Gasteiger partial charge in [0.05, 0.1) is 17.8 Å². The van der Waals surface area contributed by atoms with Crippen LogP contribution in [-0.4, -0.2) is 53.6 Å². The molecule has 1 amide bonds. The molecule has 5 rings (SSSR count). The van der Waals surface area contributed by atoms with Gasteiger partial charge < -0.3 is 14.5 Å². The average Bonchev–Trinajstić information content (AvgIpc) is 3.10. The van der Waals surface area contributed by atoms with Gasteiger partial charge in [0.2, 0.25) is 11.7 Å². The molecule has 3 atom stereocenters. The van der Waals surface area contributed by atoms with Crippen molar-refractivity contribution in [3.05, 3.63) is 47.4 Å². The van der Waals surface area contributed by atoms with Crippen LogP contribution in [0.2, 0.25) is 0 Å². The second kappa shape index (κ2) is 7.44. The van der Waals surface area contributed by atoms with Crippen molar-refractivity contribution in [1.82, 2.24) is 30.0 Å². The second-order valence-corrected chi connectivity index (χ2v) is 9.84. The number of piperidine rings is 1. The third-order valence-corrected chi connectivity index (χ3v) is 6.88. The number of aryl methyl sites for hydroxylation is 1. The first-order valence-electron chi connectivity index (χ1n) is 11.1. The number of nitrogens with zero attached hydrogens (tertiary/aromatic N) is 6. The number of carbonyl (C=O) groups is 1. The van der Waals surface area contributed by atoms with Crippen LogP contribution in [0.5, 0.6) is 0 Å². The van der Waals surface area contributed by atoms with Crippen molar-refractivity contribution in [3.63, 3.8) is 0 Å². The summed E-state index contributed by atoms with van der Waals surface area (Å²) in [7, 11) is 0. The summed E-state index contributed by atoms with van der Waals surface area (Å²) < 4.78 is 19.2. The van der Waals surface area contributed by atoms with Crippen LogP contribution in [0.3, 0.4) is 0 Å². The fraction of sp³-hybridized carbons (Fsp3) is 0.522. The molecule has 2 aliphatic rings. The van der Waals surface area contributed by atoms with Gasteiger partial charge in [-0.3, -0.25) is 4.79 Å². The Bertz CT molecular complexity index is 1220. The van der Waals surface area contributed by atoms with Crippen molar-refractivity contribution in [3.8, 4) is 11.4 Å². The average molecular weight is 455 g/mol. The van der Waals surface area contributed by atoms with Crippen LogP contribution in [0.15, 0.2) is 28.9 Å². The van der Waals surface area contributed by atoms with Gasteiger partial charge in [-0.15, -0.1) is 0 Å². The quantitative estimate of drug-likeness (QED) is 0.644. The highest BCUT2D eigenvalue weighted by atomic mass is 19.1. The first kappa shape index (κ1) is 21.7. The van der Waals surface area contributed by atoms with Crippen molar-refractivity contribution in [2.75, 3.05) is 6.54 Å². The Labute approximate surface area is 190 Å². The standard InChI is InChI=1S/C23H27FN6O3/c1-13-7-8-23(10-19(23)30-25-11-18(27-30)22(3,4)32)12-29(13)21(31)17-9-15(24)5-6-16(17)20-26-14(2)33-28-20/h5-6,9,11,13,19,32H,7-8,10,12H2,1-4H3/t13-,19?,23?/m1/s1. The van der Waals surface area contributed by atoms with Crippen molar-refractivity contribution < 1.29 is 18.8 Å². The third-order valence-electron chi connectivity index (χ3n) is 6.88. The summed E-state index contributed by atoms with van der Waals surface area (Å²) in [5, 5.41) is 23.0. The fourth-order valence-electron chi connectivity index (χ4n) is 4.75. The van der Waals surface area contributed by atoms with Gasteiger partial charge in [-0.05, 0) is 58.2 Å². The number of carbonyl (C=O) groups excluding carboxylic acids is 1. The molecule has 2 unspecified atom stereocenters. The minimum atomic E-state index is -1.06. The molecule has 1 aliphatic carbocycles. The molecule has 1 N–H and O–H groups in total. The number of hydrogen-bond donors (Lipinski definition) is 1. The summed E-state index contributed by atoms with van der Waals surface area (Å²) in [5.41, 5.74) is -0.0141. The number of aliphatic hydroxyl groups is 1. The van der Waals surface area contributed by atoms with Crippen LogP contribution in [0.4, 0.5) is 4.39 Å². The highest BCUT2D eigenvalue weighted by molar-refractivity contribution is 6.00. The van der Waals surface area contributed by atoms with Crippen molar-refractivity contribution in [1.29, 1.82) is 0 Å². The van der Waals surface area contributed by atoms with Crippen LogP contribution in [0.1, 0.15) is 68.0 Å². The van der Waals surface area contributed by atoms with Crippen LogP contribution < -0.4 is 0 Å². The van der Waals surface area contributed by atoms with Gasteiger partial charge in [0.1, 0.15) is 17.1 Å². The molecule has 1 aliphatic heterocycles. The fourth-order valence-corrected chi connectivity index (χ4v) is 4.75. The molecule has 0 radical (unpaired) electrons. The van der Waals surface area contributed by atoms with Gasteiger partial charge in [-0.1, -0.05) is 5.16 Å². The Morgan fingerprint density at radius 1 is 1.36 bits per heavy atom. The molecule has 2 fully saturated rings. The van der Waals surface area contributed by atoms with E-state index in [0.29, 0.717) is 23.7 Å². The van der Waals surface area contributed by atoms with Gasteiger partial charge in [-0.2, -0.15) is 20.0 Å². The Kier molecular flexibility index (Phi) is 4.89. The monoisotopic (exact) mass is 454 g/mol. The summed E-state index contributed by atoms with van der Waals surface area (Å²) >= 11 is 0. The molecule has 1 aromatic carbocycles. The lowest BCUT2D eigenvalue weighted by atomic mass is 9.89. The molecule has 2 aromatic heterocycles. The zero-order chi connectivity index (χ0) is 23.5. The van der Waals surface area contributed by atoms with Gasteiger partial charge in [0, 0.05) is 30.5 Å². The smallest absolute Gasteiger partial charge is 0.254 e. The van der Waals surface area contributed by atoms with Crippen molar-refractivity contribution >= 4 is 5.91 Å². The lowest BCUT2D eigenvalue weighted by Crippen LogP contribution is -2.47. The van der Waals surface area contributed by atoms with E-state index in [2.05, 4.69) is 20.3 Å². The molecule has 33 heavy (non-hydrogen) atoms. The van der Waals surface area contributed by atoms with E-state index in [9.17, 15) is 14.3 Å². The van der Waals surface area contributed by atoms with E-state index < -0.39 is 11.4 Å². The number of hydrogen-bond acceptors (Lipinski definition) is 7. The van der Waals surface area contributed by atoms with E-state index >= 15 is 0 Å². The highest BCUT2D eigenvalue weighted by Gasteiger charge is 2.59. The number of aromatic nitrogens is 5.